The van der Waals surface area contributed by atoms with Gasteiger partial charge in [-0.1, -0.05) is 20.8 Å². The van der Waals surface area contributed by atoms with E-state index < -0.39 is 0 Å². The SMILES string of the molecule is CC(C)(C)[O][Cu].CCP(CC)CC. The van der Waals surface area contributed by atoms with Crippen molar-refractivity contribution < 1.29 is 20.2 Å². The van der Waals surface area contributed by atoms with Gasteiger partial charge >= 0.3 is 46.5 Å². The third-order valence-electron chi connectivity index (χ3n) is 1.53. The predicted molar refractivity (Wildman–Crippen MR) is 59.4 cm³/mol. The number of hydrogen-bond donors (Lipinski definition) is 0. The van der Waals surface area contributed by atoms with Crippen molar-refractivity contribution in [3.8, 4) is 0 Å². The molecular formula is C10H24CuOP. The Morgan fingerprint density at radius 2 is 1.23 bits per heavy atom. The molecule has 13 heavy (non-hydrogen) atoms. The minimum atomic E-state index is -0.153. The van der Waals surface area contributed by atoms with Crippen LogP contribution in [0.3, 0.4) is 0 Å². The molecule has 0 bridgehead atoms. The molecule has 1 nitrogen and oxygen atoms in total. The van der Waals surface area contributed by atoms with Gasteiger partial charge in [0.15, 0.2) is 0 Å². The summed E-state index contributed by atoms with van der Waals surface area (Å²) in [6.45, 7) is 12.6. The van der Waals surface area contributed by atoms with Gasteiger partial charge < -0.3 is 0 Å². The Labute approximate surface area is 93.9 Å². The zero-order chi connectivity index (χ0) is 10.9. The average molecular weight is 255 g/mol. The quantitative estimate of drug-likeness (QED) is 0.550. The minimum Gasteiger partial charge on any atom is -0.108 e. The van der Waals surface area contributed by atoms with Gasteiger partial charge in [0.1, 0.15) is 0 Å². The standard InChI is InChI=1S/C6H15P.C4H9O.Cu/c1-4-7(5-2)6-3;1-4(2,3)5;/h4-6H2,1-3H3;1-3H3;/q;-1;+1. The van der Waals surface area contributed by atoms with Crippen LogP contribution in [-0.4, -0.2) is 24.1 Å². The summed E-state index contributed by atoms with van der Waals surface area (Å²) in [6.07, 6.45) is 4.26. The normalized spacial score (nSPS) is 11.2. The van der Waals surface area contributed by atoms with Gasteiger partial charge in [0.05, 0.1) is 0 Å². The fourth-order valence-electron chi connectivity index (χ4n) is 0.671. The number of hydrogen-bond acceptors (Lipinski definition) is 1. The van der Waals surface area contributed by atoms with Gasteiger partial charge in [-0.05, 0) is 18.5 Å². The van der Waals surface area contributed by atoms with Gasteiger partial charge in [-0.15, -0.1) is 7.92 Å². The number of rotatable bonds is 3. The van der Waals surface area contributed by atoms with Crippen LogP contribution in [0.15, 0.2) is 0 Å². The first-order valence-electron chi connectivity index (χ1n) is 4.90. The maximum absolute atomic E-state index is 4.50. The zero-order valence-electron chi connectivity index (χ0n) is 9.78. The molecule has 0 atom stereocenters. The molecule has 0 amide bonds. The molecule has 0 aliphatic carbocycles. The van der Waals surface area contributed by atoms with Crippen LogP contribution in [0.1, 0.15) is 41.5 Å². The first-order chi connectivity index (χ1) is 5.91. The van der Waals surface area contributed by atoms with E-state index in [9.17, 15) is 0 Å². The molecule has 0 radical (unpaired) electrons. The molecule has 0 rings (SSSR count). The summed E-state index contributed by atoms with van der Waals surface area (Å²) < 4.78 is 4.50. The van der Waals surface area contributed by atoms with Gasteiger partial charge in [0.25, 0.3) is 0 Å². The summed E-state index contributed by atoms with van der Waals surface area (Å²) >= 11 is 4.42. The van der Waals surface area contributed by atoms with Crippen molar-refractivity contribution in [2.45, 2.75) is 47.1 Å². The van der Waals surface area contributed by atoms with Crippen molar-refractivity contribution in [1.82, 2.24) is 0 Å². The predicted octanol–water partition coefficient (Wildman–Crippen LogP) is 3.79. The Balaban J connectivity index is 0. The molecule has 86 valence electrons. The Morgan fingerprint density at radius 1 is 1.00 bits per heavy atom. The fraction of sp³-hybridized carbons (Fsp3) is 1.00. The Hall–Kier alpha value is 0.909. The van der Waals surface area contributed by atoms with Crippen LogP contribution in [-0.2, 0) is 20.2 Å². The van der Waals surface area contributed by atoms with E-state index in [0.29, 0.717) is 7.92 Å². The van der Waals surface area contributed by atoms with Crippen LogP contribution in [0.4, 0.5) is 0 Å². The van der Waals surface area contributed by atoms with Crippen LogP contribution < -0.4 is 0 Å². The van der Waals surface area contributed by atoms with Crippen molar-refractivity contribution in [3.05, 3.63) is 0 Å². The molecule has 0 saturated carbocycles. The van der Waals surface area contributed by atoms with E-state index in [1.165, 1.54) is 18.5 Å². The Morgan fingerprint density at radius 3 is 1.23 bits per heavy atom. The zero-order valence-corrected chi connectivity index (χ0v) is 11.6. The van der Waals surface area contributed by atoms with Crippen molar-refractivity contribution in [3.63, 3.8) is 0 Å². The largest absolute Gasteiger partial charge is 0.108 e. The summed E-state index contributed by atoms with van der Waals surface area (Å²) in [7, 11) is 0.446. The van der Waals surface area contributed by atoms with Gasteiger partial charge in [0, 0.05) is 0 Å². The molecule has 0 N–H and O–H groups in total. The smallest absolute Gasteiger partial charge is 0.0355 e. The topological polar surface area (TPSA) is 9.23 Å². The van der Waals surface area contributed by atoms with Gasteiger partial charge in [-0.25, -0.2) is 0 Å². The summed E-state index contributed by atoms with van der Waals surface area (Å²) in [5.74, 6) is 0. The van der Waals surface area contributed by atoms with Crippen LogP contribution in [0.25, 0.3) is 0 Å². The summed E-state index contributed by atoms with van der Waals surface area (Å²) in [6, 6.07) is 0. The van der Waals surface area contributed by atoms with Crippen LogP contribution in [0, 0.1) is 0 Å². The van der Waals surface area contributed by atoms with Crippen molar-refractivity contribution in [2.24, 2.45) is 0 Å². The van der Waals surface area contributed by atoms with E-state index >= 15 is 0 Å². The van der Waals surface area contributed by atoms with Gasteiger partial charge in [0.2, 0.25) is 0 Å². The molecule has 3 heteroatoms. The Bertz CT molecular complexity index is 92.1. The summed E-state index contributed by atoms with van der Waals surface area (Å²) in [5.41, 5.74) is -0.153. The van der Waals surface area contributed by atoms with Crippen molar-refractivity contribution in [2.75, 3.05) is 18.5 Å². The molecule has 0 aromatic rings. The second kappa shape index (κ2) is 9.46. The van der Waals surface area contributed by atoms with Crippen LogP contribution in [0.2, 0.25) is 0 Å². The molecule has 0 aliphatic heterocycles. The first kappa shape index (κ1) is 16.3. The third-order valence-corrected chi connectivity index (χ3v) is 4.79. The summed E-state index contributed by atoms with van der Waals surface area (Å²) in [4.78, 5) is 0. The molecule has 0 spiro atoms. The molecule has 0 unspecified atom stereocenters. The van der Waals surface area contributed by atoms with E-state index in [-0.39, 0.29) is 5.60 Å². The van der Waals surface area contributed by atoms with Crippen LogP contribution >= 0.6 is 7.92 Å². The van der Waals surface area contributed by atoms with Crippen molar-refractivity contribution >= 4 is 7.92 Å². The van der Waals surface area contributed by atoms with Crippen molar-refractivity contribution in [1.29, 1.82) is 0 Å². The molecule has 0 heterocycles. The van der Waals surface area contributed by atoms with Gasteiger partial charge in [-0.3, -0.25) is 0 Å². The maximum Gasteiger partial charge on any atom is -0.0355 e. The Kier molecular flexibility index (Phi) is 11.9. The molecule has 0 aliphatic rings. The van der Waals surface area contributed by atoms with E-state index in [1.54, 1.807) is 0 Å². The maximum atomic E-state index is 4.50. The van der Waals surface area contributed by atoms with E-state index in [4.69, 9.17) is 0 Å². The fourth-order valence-corrected chi connectivity index (χ4v) is 2.01. The third kappa shape index (κ3) is 15.6. The summed E-state index contributed by atoms with van der Waals surface area (Å²) in [5, 5.41) is 0. The van der Waals surface area contributed by atoms with E-state index in [2.05, 4.69) is 40.9 Å². The molecule has 0 fully saturated rings. The minimum absolute atomic E-state index is 0.153. The van der Waals surface area contributed by atoms with Gasteiger partial charge in [-0.2, -0.15) is 0 Å². The molecule has 0 saturated heterocycles. The molecular weight excluding hydrogens is 231 g/mol. The second-order valence-corrected chi connectivity index (χ2v) is 7.22. The monoisotopic (exact) mass is 254 g/mol. The van der Waals surface area contributed by atoms with E-state index in [1.807, 2.05) is 20.8 Å². The average Bonchev–Trinajstić information content (AvgIpc) is 2.07. The first-order valence-corrected chi connectivity index (χ1v) is 7.18. The van der Waals surface area contributed by atoms with E-state index in [0.717, 1.165) is 0 Å². The van der Waals surface area contributed by atoms with Crippen LogP contribution in [0.5, 0.6) is 0 Å². The molecule has 0 aromatic heterocycles. The molecule has 0 aromatic carbocycles. The second-order valence-electron chi connectivity index (χ2n) is 3.79.